The average molecular weight is 345 g/mol. The van der Waals surface area contributed by atoms with Crippen LogP contribution in [-0.2, 0) is 19.4 Å². The van der Waals surface area contributed by atoms with Crippen LogP contribution in [0.15, 0.2) is 66.7 Å². The highest BCUT2D eigenvalue weighted by atomic mass is 16.5. The van der Waals surface area contributed by atoms with E-state index in [0.29, 0.717) is 6.61 Å². The zero-order chi connectivity index (χ0) is 18.4. The summed E-state index contributed by atoms with van der Waals surface area (Å²) in [5.41, 5.74) is 7.50. The number of anilines is 1. The number of aryl methyl sites for hydroxylation is 4. The summed E-state index contributed by atoms with van der Waals surface area (Å²) < 4.78 is 6.12. The van der Waals surface area contributed by atoms with E-state index in [2.05, 4.69) is 85.9 Å². The van der Waals surface area contributed by atoms with Gasteiger partial charge in [0.15, 0.2) is 0 Å². The molecule has 0 aromatic heterocycles. The first kappa shape index (κ1) is 18.1. The maximum atomic E-state index is 6.12. The molecule has 0 saturated heterocycles. The Morgan fingerprint density at radius 2 is 1.54 bits per heavy atom. The van der Waals surface area contributed by atoms with Gasteiger partial charge in [0.2, 0.25) is 0 Å². The third kappa shape index (κ3) is 4.45. The van der Waals surface area contributed by atoms with Crippen molar-refractivity contribution >= 4 is 5.69 Å². The molecule has 1 N–H and O–H groups in total. The van der Waals surface area contributed by atoms with E-state index in [0.717, 1.165) is 24.3 Å². The fourth-order valence-electron chi connectivity index (χ4n) is 3.24. The zero-order valence-corrected chi connectivity index (χ0v) is 15.9. The molecule has 0 fully saturated rings. The summed E-state index contributed by atoms with van der Waals surface area (Å²) in [6.45, 7) is 4.82. The minimum atomic E-state index is 0.576. The van der Waals surface area contributed by atoms with E-state index in [1.165, 1.54) is 27.8 Å². The van der Waals surface area contributed by atoms with Gasteiger partial charge in [-0.15, -0.1) is 0 Å². The van der Waals surface area contributed by atoms with Gasteiger partial charge in [-0.1, -0.05) is 54.6 Å². The van der Waals surface area contributed by atoms with Gasteiger partial charge in [0.05, 0.1) is 0 Å². The maximum Gasteiger partial charge on any atom is 0.122 e. The predicted octanol–water partition coefficient (Wildman–Crippen LogP) is 5.71. The van der Waals surface area contributed by atoms with Gasteiger partial charge in [0.1, 0.15) is 12.4 Å². The summed E-state index contributed by atoms with van der Waals surface area (Å²) in [5, 5.41) is 3.25. The molecule has 134 valence electrons. The Morgan fingerprint density at radius 3 is 2.27 bits per heavy atom. The van der Waals surface area contributed by atoms with Crippen molar-refractivity contribution in [1.29, 1.82) is 0 Å². The van der Waals surface area contributed by atoms with Crippen molar-refractivity contribution in [3.05, 3.63) is 94.5 Å². The fourth-order valence-corrected chi connectivity index (χ4v) is 3.24. The van der Waals surface area contributed by atoms with Crippen LogP contribution >= 0.6 is 0 Å². The SMILES string of the molecule is CNc1cccc(C)c1COc1ccc(CCc2ccccc2)cc1C. The van der Waals surface area contributed by atoms with Crippen molar-refractivity contribution in [3.8, 4) is 5.75 Å². The number of hydrogen-bond acceptors (Lipinski definition) is 2. The Morgan fingerprint density at radius 1 is 0.769 bits per heavy atom. The summed E-state index contributed by atoms with van der Waals surface area (Å²) in [6, 6.07) is 23.4. The molecule has 0 unspecified atom stereocenters. The van der Waals surface area contributed by atoms with E-state index in [-0.39, 0.29) is 0 Å². The lowest BCUT2D eigenvalue weighted by Crippen LogP contribution is -2.04. The van der Waals surface area contributed by atoms with E-state index >= 15 is 0 Å². The van der Waals surface area contributed by atoms with Crippen molar-refractivity contribution in [1.82, 2.24) is 0 Å². The van der Waals surface area contributed by atoms with E-state index in [9.17, 15) is 0 Å². The molecule has 0 amide bonds. The second-order valence-electron chi connectivity index (χ2n) is 6.73. The van der Waals surface area contributed by atoms with Crippen molar-refractivity contribution in [2.75, 3.05) is 12.4 Å². The van der Waals surface area contributed by atoms with E-state index in [4.69, 9.17) is 4.74 Å². The Bertz CT molecular complexity index is 855. The van der Waals surface area contributed by atoms with Gasteiger partial charge >= 0.3 is 0 Å². The maximum absolute atomic E-state index is 6.12. The lowest BCUT2D eigenvalue weighted by molar-refractivity contribution is 0.304. The lowest BCUT2D eigenvalue weighted by Gasteiger charge is -2.15. The third-order valence-electron chi connectivity index (χ3n) is 4.84. The van der Waals surface area contributed by atoms with Crippen LogP contribution in [0.5, 0.6) is 5.75 Å². The van der Waals surface area contributed by atoms with E-state index in [1.54, 1.807) is 0 Å². The molecule has 0 spiro atoms. The Labute approximate surface area is 156 Å². The number of ether oxygens (including phenoxy) is 1. The van der Waals surface area contributed by atoms with Crippen LogP contribution in [0.4, 0.5) is 5.69 Å². The molecule has 3 rings (SSSR count). The number of nitrogens with one attached hydrogen (secondary N) is 1. The molecule has 0 atom stereocenters. The van der Waals surface area contributed by atoms with Crippen LogP contribution in [0.2, 0.25) is 0 Å². The molecule has 26 heavy (non-hydrogen) atoms. The van der Waals surface area contributed by atoms with Gasteiger partial charge in [-0.3, -0.25) is 0 Å². The fraction of sp³-hybridized carbons (Fsp3) is 0.250. The first-order valence-electron chi connectivity index (χ1n) is 9.20. The number of benzene rings is 3. The molecular formula is C24H27NO. The zero-order valence-electron chi connectivity index (χ0n) is 15.9. The molecule has 0 bridgehead atoms. The second kappa shape index (κ2) is 8.57. The summed E-state index contributed by atoms with van der Waals surface area (Å²) >= 11 is 0. The second-order valence-corrected chi connectivity index (χ2v) is 6.73. The van der Waals surface area contributed by atoms with Crippen LogP contribution in [0, 0.1) is 13.8 Å². The monoisotopic (exact) mass is 345 g/mol. The lowest BCUT2D eigenvalue weighted by atomic mass is 10.0. The highest BCUT2D eigenvalue weighted by Crippen LogP contribution is 2.25. The van der Waals surface area contributed by atoms with Crippen LogP contribution in [0.3, 0.4) is 0 Å². The Hall–Kier alpha value is -2.74. The third-order valence-corrected chi connectivity index (χ3v) is 4.84. The van der Waals surface area contributed by atoms with Crippen LogP contribution in [-0.4, -0.2) is 7.05 Å². The smallest absolute Gasteiger partial charge is 0.122 e. The molecule has 2 heteroatoms. The van der Waals surface area contributed by atoms with Gasteiger partial charge in [0.25, 0.3) is 0 Å². The molecular weight excluding hydrogens is 318 g/mol. The summed E-state index contributed by atoms with van der Waals surface area (Å²) in [6.07, 6.45) is 2.11. The van der Waals surface area contributed by atoms with Crippen molar-refractivity contribution in [3.63, 3.8) is 0 Å². The molecule has 0 saturated carbocycles. The average Bonchev–Trinajstić information content (AvgIpc) is 2.67. The van der Waals surface area contributed by atoms with E-state index < -0.39 is 0 Å². The molecule has 0 heterocycles. The minimum absolute atomic E-state index is 0.576. The van der Waals surface area contributed by atoms with Crippen LogP contribution < -0.4 is 10.1 Å². The normalized spacial score (nSPS) is 10.6. The standard InChI is InChI=1S/C24H27NO/c1-18-8-7-11-23(25-3)22(18)17-26-24-15-14-21(16-19(24)2)13-12-20-9-5-4-6-10-20/h4-11,14-16,25H,12-13,17H2,1-3H3. The summed E-state index contributed by atoms with van der Waals surface area (Å²) in [4.78, 5) is 0. The molecule has 0 aliphatic rings. The molecule has 0 aliphatic heterocycles. The summed E-state index contributed by atoms with van der Waals surface area (Å²) in [5.74, 6) is 0.957. The van der Waals surface area contributed by atoms with Gasteiger partial charge in [-0.05, 0) is 61.1 Å². The molecule has 0 aliphatic carbocycles. The van der Waals surface area contributed by atoms with Gasteiger partial charge in [0, 0.05) is 18.3 Å². The van der Waals surface area contributed by atoms with Crippen LogP contribution in [0.1, 0.15) is 27.8 Å². The highest BCUT2D eigenvalue weighted by molar-refractivity contribution is 5.54. The topological polar surface area (TPSA) is 21.3 Å². The van der Waals surface area contributed by atoms with Crippen molar-refractivity contribution in [2.45, 2.75) is 33.3 Å². The van der Waals surface area contributed by atoms with Gasteiger partial charge in [-0.2, -0.15) is 0 Å². The Kier molecular flexibility index (Phi) is 5.96. The van der Waals surface area contributed by atoms with Crippen LogP contribution in [0.25, 0.3) is 0 Å². The largest absolute Gasteiger partial charge is 0.489 e. The Balaban J connectivity index is 1.65. The quantitative estimate of drug-likeness (QED) is 0.592. The molecule has 3 aromatic carbocycles. The van der Waals surface area contributed by atoms with Crippen molar-refractivity contribution < 1.29 is 4.74 Å². The van der Waals surface area contributed by atoms with Crippen molar-refractivity contribution in [2.24, 2.45) is 0 Å². The molecule has 3 aromatic rings. The van der Waals surface area contributed by atoms with Gasteiger partial charge in [-0.25, -0.2) is 0 Å². The first-order valence-corrected chi connectivity index (χ1v) is 9.20. The minimum Gasteiger partial charge on any atom is -0.489 e. The van der Waals surface area contributed by atoms with E-state index in [1.807, 2.05) is 7.05 Å². The summed E-state index contributed by atoms with van der Waals surface area (Å²) in [7, 11) is 1.95. The number of rotatable bonds is 7. The predicted molar refractivity (Wildman–Crippen MR) is 110 cm³/mol. The number of hydrogen-bond donors (Lipinski definition) is 1. The first-order chi connectivity index (χ1) is 12.7. The van der Waals surface area contributed by atoms with Gasteiger partial charge < -0.3 is 10.1 Å². The molecule has 0 radical (unpaired) electrons. The molecule has 2 nitrogen and oxygen atoms in total. The highest BCUT2D eigenvalue weighted by Gasteiger charge is 2.07.